The molecule has 2 aliphatic heterocycles. The molecule has 1 aromatic carbocycles. The molecule has 2 aliphatic rings. The van der Waals surface area contributed by atoms with Gasteiger partial charge in [-0.05, 0) is 28.8 Å². The first kappa shape index (κ1) is 16.1. The van der Waals surface area contributed by atoms with Crippen LogP contribution in [0.15, 0.2) is 36.5 Å². The summed E-state index contributed by atoms with van der Waals surface area (Å²) in [5, 5.41) is 6.37. The molecular formula is C19H22N4O2. The van der Waals surface area contributed by atoms with E-state index >= 15 is 0 Å². The maximum atomic E-state index is 12.7. The zero-order valence-corrected chi connectivity index (χ0v) is 14.1. The molecule has 25 heavy (non-hydrogen) atoms. The highest BCUT2D eigenvalue weighted by molar-refractivity contribution is 5.98. The Labute approximate surface area is 147 Å². The molecule has 1 aromatic heterocycles. The monoisotopic (exact) mass is 338 g/mol. The fourth-order valence-corrected chi connectivity index (χ4v) is 3.34. The number of pyridine rings is 1. The Hall–Kier alpha value is -2.44. The minimum Gasteiger partial charge on any atom is -0.378 e. The molecule has 1 fully saturated rings. The first-order valence-electron chi connectivity index (χ1n) is 8.68. The van der Waals surface area contributed by atoms with Crippen LogP contribution in [0.4, 0.5) is 5.82 Å². The van der Waals surface area contributed by atoms with Crippen LogP contribution in [0.2, 0.25) is 0 Å². The third kappa shape index (κ3) is 3.50. The predicted molar refractivity (Wildman–Crippen MR) is 95.4 cm³/mol. The SMILES string of the molecule is O=C(NCc1ccc2c(c1)CNC2)c1cccnc1N1CCOCC1. The van der Waals surface area contributed by atoms with Crippen LogP contribution in [0.5, 0.6) is 0 Å². The van der Waals surface area contributed by atoms with Gasteiger partial charge in [0.05, 0.1) is 18.8 Å². The van der Waals surface area contributed by atoms with Crippen LogP contribution in [-0.4, -0.2) is 37.2 Å². The van der Waals surface area contributed by atoms with E-state index in [-0.39, 0.29) is 5.91 Å². The van der Waals surface area contributed by atoms with Crippen LogP contribution < -0.4 is 15.5 Å². The average molecular weight is 338 g/mol. The number of hydrogen-bond donors (Lipinski definition) is 2. The van der Waals surface area contributed by atoms with E-state index in [9.17, 15) is 4.79 Å². The first-order valence-corrected chi connectivity index (χ1v) is 8.68. The second-order valence-electron chi connectivity index (χ2n) is 6.36. The minimum absolute atomic E-state index is 0.0896. The Kier molecular flexibility index (Phi) is 4.63. The summed E-state index contributed by atoms with van der Waals surface area (Å²) in [7, 11) is 0. The molecule has 0 bridgehead atoms. The summed E-state index contributed by atoms with van der Waals surface area (Å²) in [4.78, 5) is 19.2. The number of nitrogens with one attached hydrogen (secondary N) is 2. The lowest BCUT2D eigenvalue weighted by atomic mass is 10.1. The van der Waals surface area contributed by atoms with Gasteiger partial charge in [-0.3, -0.25) is 4.79 Å². The zero-order valence-electron chi connectivity index (χ0n) is 14.1. The van der Waals surface area contributed by atoms with Crippen molar-refractivity contribution in [3.8, 4) is 0 Å². The number of ether oxygens (including phenoxy) is 1. The number of fused-ring (bicyclic) bond motifs is 1. The average Bonchev–Trinajstić information content (AvgIpc) is 3.14. The van der Waals surface area contributed by atoms with Crippen molar-refractivity contribution in [2.75, 3.05) is 31.2 Å². The molecule has 6 heteroatoms. The number of nitrogens with zero attached hydrogens (tertiary/aromatic N) is 2. The maximum absolute atomic E-state index is 12.7. The van der Waals surface area contributed by atoms with Gasteiger partial charge in [0.25, 0.3) is 5.91 Å². The molecule has 3 heterocycles. The number of rotatable bonds is 4. The Morgan fingerprint density at radius 2 is 2.04 bits per heavy atom. The molecule has 0 aliphatic carbocycles. The highest BCUT2D eigenvalue weighted by Gasteiger charge is 2.19. The number of aromatic nitrogens is 1. The van der Waals surface area contributed by atoms with Gasteiger partial charge in [-0.15, -0.1) is 0 Å². The fourth-order valence-electron chi connectivity index (χ4n) is 3.34. The molecule has 130 valence electrons. The number of benzene rings is 1. The summed E-state index contributed by atoms with van der Waals surface area (Å²) in [6, 6.07) is 10.0. The van der Waals surface area contributed by atoms with Crippen molar-refractivity contribution < 1.29 is 9.53 Å². The smallest absolute Gasteiger partial charge is 0.255 e. The van der Waals surface area contributed by atoms with E-state index in [1.807, 2.05) is 6.07 Å². The van der Waals surface area contributed by atoms with Gasteiger partial charge in [-0.2, -0.15) is 0 Å². The van der Waals surface area contributed by atoms with Gasteiger partial charge in [0.1, 0.15) is 5.82 Å². The van der Waals surface area contributed by atoms with Gasteiger partial charge in [-0.1, -0.05) is 18.2 Å². The van der Waals surface area contributed by atoms with E-state index in [2.05, 4.69) is 38.7 Å². The number of anilines is 1. The van der Waals surface area contributed by atoms with Crippen molar-refractivity contribution in [1.82, 2.24) is 15.6 Å². The van der Waals surface area contributed by atoms with Gasteiger partial charge in [0.2, 0.25) is 0 Å². The summed E-state index contributed by atoms with van der Waals surface area (Å²) < 4.78 is 5.39. The number of amides is 1. The van der Waals surface area contributed by atoms with Crippen molar-refractivity contribution >= 4 is 11.7 Å². The highest BCUT2D eigenvalue weighted by Crippen LogP contribution is 2.19. The Bertz CT molecular complexity index is 772. The molecule has 0 unspecified atom stereocenters. The van der Waals surface area contributed by atoms with Gasteiger partial charge < -0.3 is 20.3 Å². The van der Waals surface area contributed by atoms with Crippen LogP contribution in [0.1, 0.15) is 27.0 Å². The summed E-state index contributed by atoms with van der Waals surface area (Å²) >= 11 is 0. The first-order chi connectivity index (χ1) is 12.3. The van der Waals surface area contributed by atoms with E-state index in [0.717, 1.165) is 37.6 Å². The topological polar surface area (TPSA) is 66.5 Å². The summed E-state index contributed by atoms with van der Waals surface area (Å²) in [6.45, 7) is 5.21. The normalized spacial score (nSPS) is 16.6. The lowest BCUT2D eigenvalue weighted by Crippen LogP contribution is -2.38. The van der Waals surface area contributed by atoms with Crippen LogP contribution in [-0.2, 0) is 24.4 Å². The number of carbonyl (C=O) groups excluding carboxylic acids is 1. The zero-order chi connectivity index (χ0) is 17.1. The third-order valence-electron chi connectivity index (χ3n) is 4.70. The second kappa shape index (κ2) is 7.21. The lowest BCUT2D eigenvalue weighted by Gasteiger charge is -2.29. The molecule has 2 aromatic rings. The Morgan fingerprint density at radius 1 is 1.20 bits per heavy atom. The number of carbonyl (C=O) groups is 1. The van der Waals surface area contributed by atoms with Gasteiger partial charge in [0, 0.05) is 38.9 Å². The van der Waals surface area contributed by atoms with Crippen molar-refractivity contribution in [2.24, 2.45) is 0 Å². The molecule has 4 rings (SSSR count). The van der Waals surface area contributed by atoms with Crippen molar-refractivity contribution in [3.05, 3.63) is 58.8 Å². The van der Waals surface area contributed by atoms with E-state index in [1.54, 1.807) is 12.3 Å². The molecule has 2 N–H and O–H groups in total. The van der Waals surface area contributed by atoms with Crippen molar-refractivity contribution in [2.45, 2.75) is 19.6 Å². The number of morpholine rings is 1. The van der Waals surface area contributed by atoms with Crippen LogP contribution in [0.25, 0.3) is 0 Å². The van der Waals surface area contributed by atoms with E-state index in [0.29, 0.717) is 25.3 Å². The lowest BCUT2D eigenvalue weighted by molar-refractivity contribution is 0.0949. The largest absolute Gasteiger partial charge is 0.378 e. The van der Waals surface area contributed by atoms with Gasteiger partial charge in [-0.25, -0.2) is 4.98 Å². The molecule has 0 spiro atoms. The standard InChI is InChI=1S/C19H22N4O2/c24-19(22-11-14-3-4-15-12-20-13-16(15)10-14)17-2-1-5-21-18(17)23-6-8-25-9-7-23/h1-5,10,20H,6-9,11-13H2,(H,22,24). The molecule has 0 radical (unpaired) electrons. The van der Waals surface area contributed by atoms with Crippen molar-refractivity contribution in [3.63, 3.8) is 0 Å². The Morgan fingerprint density at radius 3 is 2.92 bits per heavy atom. The predicted octanol–water partition coefficient (Wildman–Crippen LogP) is 1.45. The molecular weight excluding hydrogens is 316 g/mol. The van der Waals surface area contributed by atoms with Gasteiger partial charge in [0.15, 0.2) is 0 Å². The summed E-state index contributed by atoms with van der Waals surface area (Å²) in [5.74, 6) is 0.648. The van der Waals surface area contributed by atoms with Crippen molar-refractivity contribution in [1.29, 1.82) is 0 Å². The van der Waals surface area contributed by atoms with Crippen LogP contribution >= 0.6 is 0 Å². The third-order valence-corrected chi connectivity index (χ3v) is 4.70. The van der Waals surface area contributed by atoms with E-state index < -0.39 is 0 Å². The molecule has 0 atom stereocenters. The minimum atomic E-state index is -0.0896. The summed E-state index contributed by atoms with van der Waals surface area (Å²) in [6.07, 6.45) is 1.73. The molecule has 1 saturated heterocycles. The molecule has 1 amide bonds. The van der Waals surface area contributed by atoms with Gasteiger partial charge >= 0.3 is 0 Å². The highest BCUT2D eigenvalue weighted by atomic mass is 16.5. The Balaban J connectivity index is 1.46. The van der Waals surface area contributed by atoms with Crippen LogP contribution in [0, 0.1) is 0 Å². The van der Waals surface area contributed by atoms with E-state index in [4.69, 9.17) is 4.74 Å². The number of hydrogen-bond acceptors (Lipinski definition) is 5. The second-order valence-corrected chi connectivity index (χ2v) is 6.36. The summed E-state index contributed by atoms with van der Waals surface area (Å²) in [5.41, 5.74) is 4.40. The maximum Gasteiger partial charge on any atom is 0.255 e. The fraction of sp³-hybridized carbons (Fsp3) is 0.368. The van der Waals surface area contributed by atoms with Crippen LogP contribution in [0.3, 0.4) is 0 Å². The quantitative estimate of drug-likeness (QED) is 0.883. The van der Waals surface area contributed by atoms with E-state index in [1.165, 1.54) is 11.1 Å². The molecule has 0 saturated carbocycles. The molecule has 6 nitrogen and oxygen atoms in total.